The van der Waals surface area contributed by atoms with Crippen LogP contribution < -0.4 is 11.1 Å². The molecule has 0 bridgehead atoms. The second-order valence-corrected chi connectivity index (χ2v) is 3.93. The first-order valence-corrected chi connectivity index (χ1v) is 4.76. The molecule has 2 unspecified atom stereocenters. The topological polar surface area (TPSA) is 67.5 Å². The Morgan fingerprint density at radius 2 is 2.50 bits per heavy atom. The minimum Gasteiger partial charge on any atom is -0.366 e. The summed E-state index contributed by atoms with van der Waals surface area (Å²) in [4.78, 5) is 15.2. The number of carbonyl (C=O) groups is 1. The van der Waals surface area contributed by atoms with Crippen LogP contribution in [0, 0.1) is 5.92 Å². The van der Waals surface area contributed by atoms with Crippen molar-refractivity contribution in [3.63, 3.8) is 0 Å². The van der Waals surface area contributed by atoms with Crippen molar-refractivity contribution in [2.75, 3.05) is 6.54 Å². The van der Waals surface area contributed by atoms with Gasteiger partial charge >= 0.3 is 0 Å². The molecule has 1 saturated carbocycles. The van der Waals surface area contributed by atoms with Gasteiger partial charge in [0.2, 0.25) is 5.91 Å². The Morgan fingerprint density at radius 1 is 1.64 bits per heavy atom. The lowest BCUT2D eigenvalue weighted by molar-refractivity contribution is -0.114. The lowest BCUT2D eigenvalue weighted by Gasteiger charge is -2.22. The zero-order valence-corrected chi connectivity index (χ0v) is 7.66. The highest BCUT2D eigenvalue weighted by atomic mass is 16.1. The van der Waals surface area contributed by atoms with E-state index in [9.17, 15) is 4.79 Å². The van der Waals surface area contributed by atoms with Gasteiger partial charge in [0.15, 0.2) is 0 Å². The van der Waals surface area contributed by atoms with Crippen LogP contribution in [0.5, 0.6) is 0 Å². The van der Waals surface area contributed by atoms with E-state index in [2.05, 4.69) is 10.3 Å². The molecule has 2 heterocycles. The Labute approximate surface area is 81.6 Å². The van der Waals surface area contributed by atoms with Gasteiger partial charge in [-0.2, -0.15) is 0 Å². The van der Waals surface area contributed by atoms with Crippen LogP contribution in [-0.4, -0.2) is 24.8 Å². The van der Waals surface area contributed by atoms with Gasteiger partial charge in [0.1, 0.15) is 6.17 Å². The first-order valence-electron chi connectivity index (χ1n) is 4.76. The molecule has 14 heavy (non-hydrogen) atoms. The second-order valence-electron chi connectivity index (χ2n) is 3.93. The number of carbonyl (C=O) groups excluding carboxylic acids is 1. The minimum atomic E-state index is -0.400. The average Bonchev–Trinajstić information content (AvgIpc) is 2.95. The van der Waals surface area contributed by atoms with E-state index in [4.69, 9.17) is 5.73 Å². The van der Waals surface area contributed by atoms with Gasteiger partial charge in [-0.1, -0.05) is 5.57 Å². The van der Waals surface area contributed by atoms with Crippen LogP contribution in [0.3, 0.4) is 0 Å². The smallest absolute Gasteiger partial charge is 0.250 e. The maximum Gasteiger partial charge on any atom is 0.250 e. The number of rotatable bonds is 1. The van der Waals surface area contributed by atoms with Crippen LogP contribution in [0.25, 0.3) is 0 Å². The largest absolute Gasteiger partial charge is 0.366 e. The van der Waals surface area contributed by atoms with E-state index in [1.54, 1.807) is 6.21 Å². The number of aliphatic imine (C=N–C) groups is 1. The second kappa shape index (κ2) is 2.54. The van der Waals surface area contributed by atoms with Crippen molar-refractivity contribution >= 4 is 12.1 Å². The maximum absolute atomic E-state index is 11.0. The Balaban J connectivity index is 2.03. The third kappa shape index (κ3) is 1.04. The van der Waals surface area contributed by atoms with Crippen molar-refractivity contribution in [2.45, 2.75) is 12.6 Å². The third-order valence-corrected chi connectivity index (χ3v) is 2.98. The van der Waals surface area contributed by atoms with E-state index in [1.165, 1.54) is 5.57 Å². The molecule has 2 aliphatic heterocycles. The van der Waals surface area contributed by atoms with Gasteiger partial charge in [0.05, 0.1) is 5.57 Å². The highest BCUT2D eigenvalue weighted by Crippen LogP contribution is 2.44. The number of hydrogen-bond donors (Lipinski definition) is 2. The predicted octanol–water partition coefficient (Wildman–Crippen LogP) is -0.272. The maximum atomic E-state index is 11.0. The van der Waals surface area contributed by atoms with Gasteiger partial charge in [-0.15, -0.1) is 0 Å². The van der Waals surface area contributed by atoms with Gasteiger partial charge < -0.3 is 5.73 Å². The van der Waals surface area contributed by atoms with E-state index in [1.807, 2.05) is 6.08 Å². The molecule has 3 N–H and O–H groups in total. The molecular formula is C10H11N3O. The summed E-state index contributed by atoms with van der Waals surface area (Å²) in [5.41, 5.74) is 8.33. The quantitative estimate of drug-likeness (QED) is 0.596. The number of nitrogens with zero attached hydrogens (tertiary/aromatic N) is 1. The Bertz CT molecular complexity index is 406. The van der Waals surface area contributed by atoms with Crippen molar-refractivity contribution in [1.82, 2.24) is 5.32 Å². The molecule has 0 spiro atoms. The van der Waals surface area contributed by atoms with Crippen molar-refractivity contribution in [3.8, 4) is 0 Å². The first kappa shape index (κ1) is 7.94. The minimum absolute atomic E-state index is 0.0619. The fraction of sp³-hybridized carbons (Fsp3) is 0.400. The normalized spacial score (nSPS) is 33.3. The highest BCUT2D eigenvalue weighted by Gasteiger charge is 2.39. The number of primary amides is 1. The summed E-state index contributed by atoms with van der Waals surface area (Å²) in [6, 6.07) is 0. The van der Waals surface area contributed by atoms with Crippen LogP contribution in [0.4, 0.5) is 0 Å². The van der Waals surface area contributed by atoms with E-state index < -0.39 is 5.91 Å². The third-order valence-electron chi connectivity index (χ3n) is 2.98. The van der Waals surface area contributed by atoms with Gasteiger partial charge in [-0.05, 0) is 24.0 Å². The SMILES string of the molecule is NC(=O)C1=CC2=C3CC3CNC2N=C1. The van der Waals surface area contributed by atoms with E-state index in [0.29, 0.717) is 11.5 Å². The molecule has 1 aliphatic carbocycles. The van der Waals surface area contributed by atoms with Gasteiger partial charge in [-0.25, -0.2) is 0 Å². The Hall–Kier alpha value is -1.42. The summed E-state index contributed by atoms with van der Waals surface area (Å²) in [5, 5.41) is 3.32. The molecule has 3 rings (SSSR count). The number of fused-ring (bicyclic) bond motifs is 2. The van der Waals surface area contributed by atoms with Crippen molar-refractivity contribution < 1.29 is 4.79 Å². The van der Waals surface area contributed by atoms with Crippen LogP contribution in [0.2, 0.25) is 0 Å². The zero-order valence-electron chi connectivity index (χ0n) is 7.66. The molecule has 2 atom stereocenters. The lowest BCUT2D eigenvalue weighted by Crippen LogP contribution is -2.36. The number of dihydropyridines is 1. The summed E-state index contributed by atoms with van der Waals surface area (Å²) >= 11 is 0. The fourth-order valence-corrected chi connectivity index (χ4v) is 2.09. The van der Waals surface area contributed by atoms with Crippen molar-refractivity contribution in [1.29, 1.82) is 0 Å². The molecule has 72 valence electrons. The number of amides is 1. The molecule has 0 aromatic heterocycles. The van der Waals surface area contributed by atoms with Crippen LogP contribution >= 0.6 is 0 Å². The molecule has 4 nitrogen and oxygen atoms in total. The standard InChI is InChI=1S/C10H11N3O/c11-9(14)6-2-8-7-1-5(7)3-12-10(8)13-4-6/h2,4-5,10,12H,1,3H2,(H2,11,14). The summed E-state index contributed by atoms with van der Waals surface area (Å²) in [6.07, 6.45) is 4.65. The van der Waals surface area contributed by atoms with Gasteiger partial charge in [-0.3, -0.25) is 15.1 Å². The summed E-state index contributed by atoms with van der Waals surface area (Å²) in [7, 11) is 0. The number of nitrogens with one attached hydrogen (secondary N) is 1. The van der Waals surface area contributed by atoms with E-state index in [0.717, 1.165) is 18.5 Å². The molecule has 0 aromatic rings. The van der Waals surface area contributed by atoms with Crippen molar-refractivity contribution in [2.24, 2.45) is 16.6 Å². The van der Waals surface area contributed by atoms with Crippen LogP contribution in [0.15, 0.2) is 27.8 Å². The van der Waals surface area contributed by atoms with Crippen LogP contribution in [-0.2, 0) is 4.79 Å². The summed E-state index contributed by atoms with van der Waals surface area (Å²) in [5.74, 6) is 0.281. The molecule has 0 saturated heterocycles. The van der Waals surface area contributed by atoms with Gasteiger partial charge in [0.25, 0.3) is 0 Å². The molecular weight excluding hydrogens is 178 g/mol. The highest BCUT2D eigenvalue weighted by molar-refractivity contribution is 6.12. The molecule has 1 fully saturated rings. The monoisotopic (exact) mass is 189 g/mol. The summed E-state index contributed by atoms with van der Waals surface area (Å²) in [6.45, 7) is 1.01. The first-order chi connectivity index (χ1) is 6.75. The van der Waals surface area contributed by atoms with E-state index >= 15 is 0 Å². The lowest BCUT2D eigenvalue weighted by atomic mass is 10.0. The molecule has 3 aliphatic rings. The summed E-state index contributed by atoms with van der Waals surface area (Å²) < 4.78 is 0. The molecule has 0 radical (unpaired) electrons. The van der Waals surface area contributed by atoms with Crippen molar-refractivity contribution in [3.05, 3.63) is 22.8 Å². The molecule has 0 aromatic carbocycles. The average molecular weight is 189 g/mol. The van der Waals surface area contributed by atoms with E-state index in [-0.39, 0.29) is 6.17 Å². The Morgan fingerprint density at radius 3 is 3.29 bits per heavy atom. The number of nitrogens with two attached hydrogens (primary N) is 1. The fourth-order valence-electron chi connectivity index (χ4n) is 2.09. The number of hydrogen-bond acceptors (Lipinski definition) is 3. The zero-order chi connectivity index (χ0) is 9.71. The molecule has 4 heteroatoms. The van der Waals surface area contributed by atoms with Gasteiger partial charge in [0, 0.05) is 12.8 Å². The molecule has 1 amide bonds. The van der Waals surface area contributed by atoms with Crippen LogP contribution in [0.1, 0.15) is 6.42 Å². The predicted molar refractivity (Wildman–Crippen MR) is 52.7 cm³/mol. The Kier molecular flexibility index (Phi) is 1.44.